The van der Waals surface area contributed by atoms with Crippen LogP contribution in [0, 0.1) is 10.1 Å². The van der Waals surface area contributed by atoms with Crippen molar-refractivity contribution in [2.45, 2.75) is 13.1 Å². The number of benzene rings is 1. The monoisotopic (exact) mass is 260 g/mol. The van der Waals surface area contributed by atoms with Crippen LogP contribution in [0.5, 0.6) is 0 Å². The molecule has 0 aliphatic carbocycles. The predicted octanol–water partition coefficient (Wildman–Crippen LogP) is 0.789. The Kier molecular flexibility index (Phi) is 2.55. The molecule has 19 heavy (non-hydrogen) atoms. The van der Waals surface area contributed by atoms with Gasteiger partial charge in [0, 0.05) is 13.1 Å². The summed E-state index contributed by atoms with van der Waals surface area (Å²) < 4.78 is 1.94. The molecule has 1 aromatic carbocycles. The fourth-order valence-corrected chi connectivity index (χ4v) is 2.27. The first-order valence-electron chi connectivity index (χ1n) is 5.81. The van der Waals surface area contributed by atoms with E-state index in [2.05, 4.69) is 10.2 Å². The number of nitrogens with zero attached hydrogens (tertiary/aromatic N) is 5. The highest BCUT2D eigenvalue weighted by Crippen LogP contribution is 2.34. The minimum Gasteiger partial charge on any atom is -0.393 e. The summed E-state index contributed by atoms with van der Waals surface area (Å²) in [5.41, 5.74) is 6.36. The molecule has 0 spiro atoms. The molecule has 1 aliphatic heterocycles. The van der Waals surface area contributed by atoms with Gasteiger partial charge in [-0.3, -0.25) is 10.1 Å². The molecule has 0 fully saturated rings. The largest absolute Gasteiger partial charge is 0.393 e. The van der Waals surface area contributed by atoms with Crippen molar-refractivity contribution in [2.24, 2.45) is 0 Å². The topological polar surface area (TPSA) is 103 Å². The number of rotatable bonds is 2. The number of nitro benzene ring substituents is 1. The lowest BCUT2D eigenvalue weighted by Gasteiger charge is -2.28. The minimum atomic E-state index is -0.440. The summed E-state index contributed by atoms with van der Waals surface area (Å²) in [6.45, 7) is 1.86. The second kappa shape index (κ2) is 4.23. The third kappa shape index (κ3) is 1.86. The molecular weight excluding hydrogens is 248 g/mol. The molecule has 0 unspecified atom stereocenters. The van der Waals surface area contributed by atoms with Crippen molar-refractivity contribution >= 4 is 17.1 Å². The van der Waals surface area contributed by atoms with Crippen molar-refractivity contribution in [3.8, 4) is 0 Å². The van der Waals surface area contributed by atoms with Crippen LogP contribution in [0.2, 0.25) is 0 Å². The molecule has 0 saturated heterocycles. The fourth-order valence-electron chi connectivity index (χ4n) is 2.27. The van der Waals surface area contributed by atoms with Crippen LogP contribution >= 0.6 is 0 Å². The van der Waals surface area contributed by atoms with Crippen molar-refractivity contribution in [1.82, 2.24) is 14.8 Å². The van der Waals surface area contributed by atoms with Crippen LogP contribution in [-0.4, -0.2) is 26.2 Å². The zero-order chi connectivity index (χ0) is 13.4. The Bertz CT molecular complexity index is 638. The molecular formula is C11H12N6O2. The number of nitrogens with two attached hydrogens (primary N) is 1. The van der Waals surface area contributed by atoms with Crippen molar-refractivity contribution < 1.29 is 4.92 Å². The Labute approximate surface area is 108 Å². The van der Waals surface area contributed by atoms with E-state index in [-0.39, 0.29) is 11.4 Å². The zero-order valence-corrected chi connectivity index (χ0v) is 10.1. The van der Waals surface area contributed by atoms with Crippen LogP contribution in [0.25, 0.3) is 0 Å². The lowest BCUT2D eigenvalue weighted by molar-refractivity contribution is -0.383. The average Bonchev–Trinajstić information content (AvgIpc) is 2.85. The SMILES string of the molecule is Nc1cccc(N2CCn3cnnc3C2)c1[N+](=O)[O-]. The van der Waals surface area contributed by atoms with Gasteiger partial charge in [-0.25, -0.2) is 0 Å². The summed E-state index contributed by atoms with van der Waals surface area (Å²) in [6, 6.07) is 4.96. The first-order valence-corrected chi connectivity index (χ1v) is 5.81. The van der Waals surface area contributed by atoms with Gasteiger partial charge in [-0.05, 0) is 12.1 Å². The first-order chi connectivity index (χ1) is 9.16. The molecule has 1 aromatic heterocycles. The van der Waals surface area contributed by atoms with Crippen LogP contribution in [0.15, 0.2) is 24.5 Å². The third-order valence-electron chi connectivity index (χ3n) is 3.21. The Balaban J connectivity index is 2.00. The van der Waals surface area contributed by atoms with Crippen LogP contribution in [0.1, 0.15) is 5.82 Å². The Morgan fingerprint density at radius 3 is 3.00 bits per heavy atom. The molecule has 0 bridgehead atoms. The number of para-hydroxylation sites is 1. The number of nitrogen functional groups attached to an aromatic ring is 1. The molecule has 8 heteroatoms. The van der Waals surface area contributed by atoms with E-state index in [1.165, 1.54) is 6.07 Å². The summed E-state index contributed by atoms with van der Waals surface area (Å²) in [5.74, 6) is 0.794. The Morgan fingerprint density at radius 2 is 2.21 bits per heavy atom. The van der Waals surface area contributed by atoms with E-state index < -0.39 is 4.92 Å². The van der Waals surface area contributed by atoms with Gasteiger partial charge < -0.3 is 15.2 Å². The number of fused-ring (bicyclic) bond motifs is 1. The number of hydrogen-bond acceptors (Lipinski definition) is 6. The van der Waals surface area contributed by atoms with Crippen LogP contribution in [0.4, 0.5) is 17.1 Å². The number of aromatic nitrogens is 3. The normalized spacial score (nSPS) is 14.2. The molecule has 98 valence electrons. The van der Waals surface area contributed by atoms with Gasteiger partial charge >= 0.3 is 5.69 Å². The maximum atomic E-state index is 11.1. The quantitative estimate of drug-likeness (QED) is 0.486. The lowest BCUT2D eigenvalue weighted by Crippen LogP contribution is -2.34. The summed E-state index contributed by atoms with van der Waals surface area (Å²) in [5, 5.41) is 19.0. The molecule has 2 N–H and O–H groups in total. The maximum Gasteiger partial charge on any atom is 0.315 e. The van der Waals surface area contributed by atoms with Crippen LogP contribution in [0.3, 0.4) is 0 Å². The standard InChI is InChI=1S/C11H12N6O2/c12-8-2-1-3-9(11(8)17(18)19)15-4-5-16-7-13-14-10(16)6-15/h1-3,7H,4-6,12H2. The van der Waals surface area contributed by atoms with Gasteiger partial charge in [0.05, 0.1) is 11.5 Å². The molecule has 0 radical (unpaired) electrons. The Morgan fingerprint density at radius 1 is 1.37 bits per heavy atom. The zero-order valence-electron chi connectivity index (χ0n) is 10.1. The van der Waals surface area contributed by atoms with Gasteiger partial charge in [0.1, 0.15) is 17.7 Å². The summed E-state index contributed by atoms with van der Waals surface area (Å²) >= 11 is 0. The predicted molar refractivity (Wildman–Crippen MR) is 68.6 cm³/mol. The lowest BCUT2D eigenvalue weighted by atomic mass is 10.2. The minimum absolute atomic E-state index is 0.0459. The van der Waals surface area contributed by atoms with Gasteiger partial charge in [0.15, 0.2) is 5.82 Å². The van der Waals surface area contributed by atoms with Gasteiger partial charge in [-0.1, -0.05) is 6.07 Å². The highest BCUT2D eigenvalue weighted by atomic mass is 16.6. The highest BCUT2D eigenvalue weighted by Gasteiger charge is 2.26. The number of nitro groups is 1. The molecule has 2 aromatic rings. The van der Waals surface area contributed by atoms with E-state index in [1.54, 1.807) is 18.5 Å². The number of anilines is 2. The molecule has 2 heterocycles. The van der Waals surface area contributed by atoms with E-state index in [0.717, 1.165) is 5.82 Å². The number of hydrogen-bond donors (Lipinski definition) is 1. The second-order valence-electron chi connectivity index (χ2n) is 4.33. The van der Waals surface area contributed by atoms with Crippen molar-refractivity contribution in [3.63, 3.8) is 0 Å². The third-order valence-corrected chi connectivity index (χ3v) is 3.21. The average molecular weight is 260 g/mol. The van der Waals surface area contributed by atoms with Gasteiger partial charge in [0.2, 0.25) is 0 Å². The van der Waals surface area contributed by atoms with Crippen molar-refractivity contribution in [2.75, 3.05) is 17.2 Å². The van der Waals surface area contributed by atoms with Crippen molar-refractivity contribution in [3.05, 3.63) is 40.5 Å². The summed E-state index contributed by atoms with van der Waals surface area (Å²) in [6.07, 6.45) is 1.67. The summed E-state index contributed by atoms with van der Waals surface area (Å²) in [4.78, 5) is 12.6. The second-order valence-corrected chi connectivity index (χ2v) is 4.33. The smallest absolute Gasteiger partial charge is 0.315 e. The Hall–Kier alpha value is -2.64. The van der Waals surface area contributed by atoms with E-state index in [4.69, 9.17) is 5.73 Å². The van der Waals surface area contributed by atoms with Gasteiger partial charge in [-0.15, -0.1) is 10.2 Å². The maximum absolute atomic E-state index is 11.1. The molecule has 8 nitrogen and oxygen atoms in total. The van der Waals surface area contributed by atoms with E-state index in [9.17, 15) is 10.1 Å². The summed E-state index contributed by atoms with van der Waals surface area (Å²) in [7, 11) is 0. The first kappa shape index (κ1) is 11.5. The van der Waals surface area contributed by atoms with Crippen LogP contribution in [-0.2, 0) is 13.1 Å². The molecule has 0 amide bonds. The van der Waals surface area contributed by atoms with E-state index >= 15 is 0 Å². The molecule has 1 aliphatic rings. The molecule has 0 atom stereocenters. The fraction of sp³-hybridized carbons (Fsp3) is 0.273. The van der Waals surface area contributed by atoms with E-state index in [1.807, 2.05) is 9.47 Å². The van der Waals surface area contributed by atoms with E-state index in [0.29, 0.717) is 25.3 Å². The highest BCUT2D eigenvalue weighted by molar-refractivity contribution is 5.75. The van der Waals surface area contributed by atoms with Crippen LogP contribution < -0.4 is 10.6 Å². The van der Waals surface area contributed by atoms with Gasteiger partial charge in [-0.2, -0.15) is 0 Å². The molecule has 3 rings (SSSR count). The van der Waals surface area contributed by atoms with Gasteiger partial charge in [0.25, 0.3) is 0 Å². The molecule has 0 saturated carbocycles. The van der Waals surface area contributed by atoms with Crippen molar-refractivity contribution in [1.29, 1.82) is 0 Å².